The number of aliphatic carboxylic acids is 1. The zero-order valence-corrected chi connectivity index (χ0v) is 18.2. The Morgan fingerprint density at radius 3 is 2.44 bits per heavy atom. The number of carbonyl (C=O) groups is 2. The van der Waals surface area contributed by atoms with E-state index in [0.29, 0.717) is 17.9 Å². The number of aromatic nitrogens is 2. The Bertz CT molecular complexity index is 1360. The molecular weight excluding hydrogens is 473 g/mol. The molecule has 176 valence electrons. The average Bonchev–Trinajstić information content (AvgIpc) is 3.40. The number of fused-ring (bicyclic) bond motifs is 1. The van der Waals surface area contributed by atoms with E-state index in [2.05, 4.69) is 4.98 Å². The SMILES string of the molecule is O=C(O)CCn1ccc2cc(OCc3nc(-c4ccc(C(F)(F)F)cc4)sc3C(=O)O)ccc21. The topological polar surface area (TPSA) is 102 Å². The third kappa shape index (κ3) is 5.04. The molecule has 4 rings (SSSR count). The fourth-order valence-corrected chi connectivity index (χ4v) is 4.29. The van der Waals surface area contributed by atoms with E-state index in [1.165, 1.54) is 12.1 Å². The molecule has 0 fully saturated rings. The van der Waals surface area contributed by atoms with Gasteiger partial charge in [-0.1, -0.05) is 12.1 Å². The Morgan fingerprint density at radius 1 is 1.06 bits per heavy atom. The van der Waals surface area contributed by atoms with Crippen LogP contribution in [-0.4, -0.2) is 31.7 Å². The summed E-state index contributed by atoms with van der Waals surface area (Å²) in [5.41, 5.74) is 0.558. The van der Waals surface area contributed by atoms with E-state index in [4.69, 9.17) is 9.84 Å². The monoisotopic (exact) mass is 490 g/mol. The molecule has 0 saturated carbocycles. The van der Waals surface area contributed by atoms with Gasteiger partial charge in [0.25, 0.3) is 0 Å². The van der Waals surface area contributed by atoms with E-state index < -0.39 is 23.7 Å². The van der Waals surface area contributed by atoms with Gasteiger partial charge in [-0.2, -0.15) is 13.2 Å². The summed E-state index contributed by atoms with van der Waals surface area (Å²) >= 11 is 0.860. The van der Waals surface area contributed by atoms with Gasteiger partial charge in [-0.05, 0) is 36.4 Å². The predicted octanol–water partition coefficient (Wildman–Crippen LogP) is 5.54. The summed E-state index contributed by atoms with van der Waals surface area (Å²) < 4.78 is 45.9. The number of benzene rings is 2. The first-order valence-electron chi connectivity index (χ1n) is 9.96. The number of hydrogen-bond donors (Lipinski definition) is 2. The standard InChI is InChI=1S/C23H17F3N2O5S/c24-23(25,26)15-3-1-13(2-4-15)21-27-17(20(34-21)22(31)32)12-33-16-5-6-18-14(11-16)7-9-28(18)10-8-19(29)30/h1-7,9,11H,8,10,12H2,(H,29,30)(H,31,32). The van der Waals surface area contributed by atoms with E-state index in [-0.39, 0.29) is 28.6 Å². The number of aromatic carboxylic acids is 1. The molecule has 0 aliphatic heterocycles. The van der Waals surface area contributed by atoms with Crippen LogP contribution in [0.25, 0.3) is 21.5 Å². The average molecular weight is 490 g/mol. The van der Waals surface area contributed by atoms with Gasteiger partial charge in [0.2, 0.25) is 0 Å². The number of rotatable bonds is 8. The molecule has 2 aromatic carbocycles. The number of thiazole rings is 1. The largest absolute Gasteiger partial charge is 0.487 e. The Kier molecular flexibility index (Phi) is 6.29. The third-order valence-electron chi connectivity index (χ3n) is 5.04. The van der Waals surface area contributed by atoms with Crippen molar-refractivity contribution >= 4 is 34.2 Å². The minimum absolute atomic E-state index is 0.00884. The highest BCUT2D eigenvalue weighted by Gasteiger charge is 2.30. The highest BCUT2D eigenvalue weighted by atomic mass is 32.1. The van der Waals surface area contributed by atoms with Crippen LogP contribution in [-0.2, 0) is 24.1 Å². The van der Waals surface area contributed by atoms with Crippen LogP contribution in [0.3, 0.4) is 0 Å². The van der Waals surface area contributed by atoms with Crippen molar-refractivity contribution in [2.75, 3.05) is 0 Å². The van der Waals surface area contributed by atoms with Crippen LogP contribution in [0, 0.1) is 0 Å². The Balaban J connectivity index is 1.52. The lowest BCUT2D eigenvalue weighted by molar-refractivity contribution is -0.138. The first-order valence-corrected chi connectivity index (χ1v) is 10.8. The number of alkyl halides is 3. The molecule has 0 aliphatic rings. The molecule has 0 spiro atoms. The van der Waals surface area contributed by atoms with Crippen LogP contribution < -0.4 is 4.74 Å². The molecule has 0 bridgehead atoms. The predicted molar refractivity (Wildman–Crippen MR) is 118 cm³/mol. The fraction of sp³-hybridized carbons (Fsp3) is 0.174. The van der Waals surface area contributed by atoms with Crippen molar-refractivity contribution in [3.8, 4) is 16.3 Å². The van der Waals surface area contributed by atoms with Crippen LogP contribution in [0.1, 0.15) is 27.3 Å². The molecule has 0 atom stereocenters. The number of carboxylic acids is 2. The van der Waals surface area contributed by atoms with Gasteiger partial charge in [0.05, 0.1) is 12.0 Å². The molecule has 2 heterocycles. The number of hydrogen-bond acceptors (Lipinski definition) is 5. The van der Waals surface area contributed by atoms with Crippen molar-refractivity contribution in [3.63, 3.8) is 0 Å². The van der Waals surface area contributed by atoms with Gasteiger partial charge in [-0.15, -0.1) is 11.3 Å². The van der Waals surface area contributed by atoms with Crippen molar-refractivity contribution < 1.29 is 37.7 Å². The van der Waals surface area contributed by atoms with E-state index in [9.17, 15) is 27.9 Å². The van der Waals surface area contributed by atoms with Crippen molar-refractivity contribution in [1.29, 1.82) is 0 Å². The molecule has 4 aromatic rings. The van der Waals surface area contributed by atoms with E-state index in [1.807, 2.05) is 10.6 Å². The van der Waals surface area contributed by atoms with Gasteiger partial charge in [-0.25, -0.2) is 9.78 Å². The summed E-state index contributed by atoms with van der Waals surface area (Å²) in [6, 6.07) is 11.4. The molecule has 0 radical (unpaired) electrons. The molecule has 2 aromatic heterocycles. The van der Waals surface area contributed by atoms with Crippen molar-refractivity contribution in [2.24, 2.45) is 0 Å². The minimum Gasteiger partial charge on any atom is -0.487 e. The van der Waals surface area contributed by atoms with E-state index >= 15 is 0 Å². The van der Waals surface area contributed by atoms with Crippen LogP contribution in [0.4, 0.5) is 13.2 Å². The van der Waals surface area contributed by atoms with Gasteiger partial charge in [-0.3, -0.25) is 4.79 Å². The maximum Gasteiger partial charge on any atom is 0.416 e. The fourth-order valence-electron chi connectivity index (χ4n) is 3.37. The molecule has 34 heavy (non-hydrogen) atoms. The first-order chi connectivity index (χ1) is 16.1. The van der Waals surface area contributed by atoms with Crippen molar-refractivity contribution in [3.05, 3.63) is 70.9 Å². The third-order valence-corrected chi connectivity index (χ3v) is 6.17. The van der Waals surface area contributed by atoms with Crippen LogP contribution in [0.5, 0.6) is 5.75 Å². The molecule has 2 N–H and O–H groups in total. The van der Waals surface area contributed by atoms with Crippen LogP contribution >= 0.6 is 11.3 Å². The number of halogens is 3. The van der Waals surface area contributed by atoms with Gasteiger partial charge >= 0.3 is 18.1 Å². The molecule has 11 heteroatoms. The second kappa shape index (κ2) is 9.18. The van der Waals surface area contributed by atoms with Crippen LogP contribution in [0.15, 0.2) is 54.7 Å². The molecule has 0 unspecified atom stereocenters. The highest BCUT2D eigenvalue weighted by molar-refractivity contribution is 7.17. The molecular formula is C23H17F3N2O5S. The Morgan fingerprint density at radius 2 is 1.79 bits per heavy atom. The maximum atomic E-state index is 12.8. The lowest BCUT2D eigenvalue weighted by Gasteiger charge is -2.07. The summed E-state index contributed by atoms with van der Waals surface area (Å²) in [6.45, 7) is 0.177. The van der Waals surface area contributed by atoms with Gasteiger partial charge in [0, 0.05) is 29.2 Å². The van der Waals surface area contributed by atoms with Gasteiger partial charge in [0.1, 0.15) is 27.9 Å². The summed E-state index contributed by atoms with van der Waals surface area (Å²) in [5.74, 6) is -1.64. The number of aryl methyl sites for hydroxylation is 1. The summed E-state index contributed by atoms with van der Waals surface area (Å²) in [7, 11) is 0. The van der Waals surface area contributed by atoms with E-state index in [0.717, 1.165) is 34.4 Å². The quantitative estimate of drug-likeness (QED) is 0.337. The second-order valence-electron chi connectivity index (χ2n) is 7.34. The minimum atomic E-state index is -4.47. The number of carboxylic acid groups (broad SMARTS) is 2. The van der Waals surface area contributed by atoms with Crippen LogP contribution in [0.2, 0.25) is 0 Å². The first kappa shape index (κ1) is 23.3. The lowest BCUT2D eigenvalue weighted by Crippen LogP contribution is -2.04. The highest BCUT2D eigenvalue weighted by Crippen LogP contribution is 2.33. The lowest BCUT2D eigenvalue weighted by atomic mass is 10.1. The van der Waals surface area contributed by atoms with Gasteiger partial charge < -0.3 is 19.5 Å². The zero-order chi connectivity index (χ0) is 24.5. The summed E-state index contributed by atoms with van der Waals surface area (Å²) in [4.78, 5) is 26.7. The molecule has 7 nitrogen and oxygen atoms in total. The normalized spacial score (nSPS) is 11.6. The van der Waals surface area contributed by atoms with E-state index in [1.54, 1.807) is 24.4 Å². The zero-order valence-electron chi connectivity index (χ0n) is 17.4. The van der Waals surface area contributed by atoms with Gasteiger partial charge in [0.15, 0.2) is 0 Å². The Labute approximate surface area is 194 Å². The van der Waals surface area contributed by atoms with Crippen molar-refractivity contribution in [1.82, 2.24) is 9.55 Å². The molecule has 0 aliphatic carbocycles. The second-order valence-corrected chi connectivity index (χ2v) is 8.34. The Hall–Kier alpha value is -3.86. The summed E-state index contributed by atoms with van der Waals surface area (Å²) in [6.07, 6.45) is -2.70. The summed E-state index contributed by atoms with van der Waals surface area (Å²) in [5, 5.41) is 19.5. The maximum absolute atomic E-state index is 12.8. The van der Waals surface area contributed by atoms with Crippen molar-refractivity contribution in [2.45, 2.75) is 25.7 Å². The molecule has 0 amide bonds. The number of nitrogens with zero attached hydrogens (tertiary/aromatic N) is 2. The molecule has 0 saturated heterocycles. The smallest absolute Gasteiger partial charge is 0.416 e. The number of ether oxygens (including phenoxy) is 1.